The number of ether oxygens (including phenoxy) is 1. The molecule has 0 aromatic carbocycles. The first-order valence-corrected chi connectivity index (χ1v) is 4.81. The van der Waals surface area contributed by atoms with E-state index >= 15 is 0 Å². The zero-order valence-electron chi connectivity index (χ0n) is 7.85. The van der Waals surface area contributed by atoms with E-state index in [4.69, 9.17) is 16.3 Å². The fourth-order valence-electron chi connectivity index (χ4n) is 0.903. The first kappa shape index (κ1) is 11.9. The smallest absolute Gasteiger partial charge is 0.0615 e. The summed E-state index contributed by atoms with van der Waals surface area (Å²) in [5.41, 5.74) is 0. The van der Waals surface area contributed by atoms with Crippen LogP contribution < -0.4 is 5.32 Å². The molecule has 1 unspecified atom stereocenters. The molecule has 72 valence electrons. The van der Waals surface area contributed by atoms with Crippen molar-refractivity contribution >= 4 is 11.6 Å². The number of allylic oxidation sites excluding steroid dienone is 1. The molecule has 0 saturated heterocycles. The van der Waals surface area contributed by atoms with Crippen LogP contribution in [0.25, 0.3) is 0 Å². The van der Waals surface area contributed by atoms with E-state index in [0.29, 0.717) is 11.9 Å². The summed E-state index contributed by atoms with van der Waals surface area (Å²) in [6.07, 6.45) is 5.06. The van der Waals surface area contributed by atoms with Crippen LogP contribution in [-0.2, 0) is 4.74 Å². The lowest BCUT2D eigenvalue weighted by Gasteiger charge is -2.13. The van der Waals surface area contributed by atoms with Gasteiger partial charge in [0.1, 0.15) is 0 Å². The van der Waals surface area contributed by atoms with Crippen molar-refractivity contribution in [1.82, 2.24) is 5.32 Å². The van der Waals surface area contributed by atoms with Crippen LogP contribution in [0.2, 0.25) is 0 Å². The standard InChI is InChI=1S/C9H18ClNO/c1-3-9(8-12-2)11-7-5-4-6-10/h4-5,9,11H,3,6-8H2,1-2H3/b5-4+. The van der Waals surface area contributed by atoms with Gasteiger partial charge in [0.05, 0.1) is 6.61 Å². The third-order valence-electron chi connectivity index (χ3n) is 1.64. The molecule has 0 aliphatic rings. The zero-order chi connectivity index (χ0) is 9.23. The Labute approximate surface area is 79.9 Å². The molecule has 3 heteroatoms. The maximum absolute atomic E-state index is 5.47. The van der Waals surface area contributed by atoms with Crippen molar-refractivity contribution in [2.24, 2.45) is 0 Å². The van der Waals surface area contributed by atoms with Gasteiger partial charge in [0.2, 0.25) is 0 Å². The fraction of sp³-hybridized carbons (Fsp3) is 0.778. The molecular formula is C9H18ClNO. The summed E-state index contributed by atoms with van der Waals surface area (Å²) in [5.74, 6) is 0.586. The molecular weight excluding hydrogens is 174 g/mol. The van der Waals surface area contributed by atoms with Crippen molar-refractivity contribution < 1.29 is 4.74 Å². The molecule has 0 radical (unpaired) electrons. The molecule has 0 aliphatic heterocycles. The van der Waals surface area contributed by atoms with Crippen LogP contribution in [-0.4, -0.2) is 32.2 Å². The highest BCUT2D eigenvalue weighted by Crippen LogP contribution is 1.90. The maximum Gasteiger partial charge on any atom is 0.0615 e. The quantitative estimate of drug-likeness (QED) is 0.490. The Morgan fingerprint density at radius 1 is 1.50 bits per heavy atom. The molecule has 2 nitrogen and oxygen atoms in total. The van der Waals surface area contributed by atoms with E-state index in [-0.39, 0.29) is 0 Å². The molecule has 0 aromatic heterocycles. The van der Waals surface area contributed by atoms with Crippen molar-refractivity contribution in [3.63, 3.8) is 0 Å². The van der Waals surface area contributed by atoms with Crippen molar-refractivity contribution in [1.29, 1.82) is 0 Å². The van der Waals surface area contributed by atoms with Gasteiger partial charge in [-0.2, -0.15) is 0 Å². The normalized spacial score (nSPS) is 13.9. The van der Waals surface area contributed by atoms with E-state index in [2.05, 4.69) is 12.2 Å². The molecule has 0 spiro atoms. The second-order valence-electron chi connectivity index (χ2n) is 2.59. The molecule has 0 heterocycles. The molecule has 12 heavy (non-hydrogen) atoms. The summed E-state index contributed by atoms with van der Waals surface area (Å²) in [7, 11) is 1.72. The highest BCUT2D eigenvalue weighted by molar-refractivity contribution is 6.18. The minimum atomic E-state index is 0.454. The topological polar surface area (TPSA) is 21.3 Å². The average molecular weight is 192 g/mol. The molecule has 1 N–H and O–H groups in total. The van der Waals surface area contributed by atoms with Crippen molar-refractivity contribution in [2.75, 3.05) is 26.1 Å². The van der Waals surface area contributed by atoms with Crippen LogP contribution in [0, 0.1) is 0 Å². The minimum absolute atomic E-state index is 0.454. The highest BCUT2D eigenvalue weighted by Gasteiger charge is 2.01. The van der Waals surface area contributed by atoms with E-state index in [0.717, 1.165) is 19.6 Å². The van der Waals surface area contributed by atoms with Gasteiger partial charge in [0.15, 0.2) is 0 Å². The van der Waals surface area contributed by atoms with Gasteiger partial charge in [-0.1, -0.05) is 19.1 Å². The van der Waals surface area contributed by atoms with Crippen LogP contribution in [0.5, 0.6) is 0 Å². The maximum atomic E-state index is 5.47. The van der Waals surface area contributed by atoms with Gasteiger partial charge in [-0.3, -0.25) is 0 Å². The van der Waals surface area contributed by atoms with E-state index in [1.54, 1.807) is 7.11 Å². The molecule has 0 rings (SSSR count). The number of rotatable bonds is 7. The molecule has 0 amide bonds. The van der Waals surface area contributed by atoms with E-state index in [9.17, 15) is 0 Å². The Morgan fingerprint density at radius 2 is 2.25 bits per heavy atom. The van der Waals surface area contributed by atoms with Crippen LogP contribution in [0.4, 0.5) is 0 Å². The fourth-order valence-corrected chi connectivity index (χ4v) is 1.03. The van der Waals surface area contributed by atoms with Gasteiger partial charge in [-0.15, -0.1) is 11.6 Å². The number of methoxy groups -OCH3 is 1. The van der Waals surface area contributed by atoms with E-state index in [1.165, 1.54) is 0 Å². The zero-order valence-corrected chi connectivity index (χ0v) is 8.60. The predicted octanol–water partition coefficient (Wildman–Crippen LogP) is 1.80. The number of hydrogen-bond donors (Lipinski definition) is 1. The van der Waals surface area contributed by atoms with Crippen molar-refractivity contribution in [3.8, 4) is 0 Å². The predicted molar refractivity (Wildman–Crippen MR) is 53.8 cm³/mol. The summed E-state index contributed by atoms with van der Waals surface area (Å²) < 4.78 is 5.04. The third-order valence-corrected chi connectivity index (χ3v) is 1.82. The van der Waals surface area contributed by atoms with Crippen molar-refractivity contribution in [3.05, 3.63) is 12.2 Å². The number of hydrogen-bond acceptors (Lipinski definition) is 2. The Hall–Kier alpha value is -0.0500. The molecule has 0 saturated carbocycles. The van der Waals surface area contributed by atoms with Gasteiger partial charge < -0.3 is 10.1 Å². The van der Waals surface area contributed by atoms with Crippen LogP contribution in [0.15, 0.2) is 12.2 Å². The van der Waals surface area contributed by atoms with Gasteiger partial charge in [-0.05, 0) is 6.42 Å². The Bertz CT molecular complexity index is 117. The second-order valence-corrected chi connectivity index (χ2v) is 2.90. The summed E-state index contributed by atoms with van der Waals surface area (Å²) >= 11 is 5.47. The van der Waals surface area contributed by atoms with Crippen LogP contribution in [0.3, 0.4) is 0 Å². The molecule has 0 bridgehead atoms. The molecule has 0 fully saturated rings. The molecule has 0 aromatic rings. The number of alkyl halides is 1. The first-order chi connectivity index (χ1) is 5.85. The van der Waals surface area contributed by atoms with Crippen molar-refractivity contribution in [2.45, 2.75) is 19.4 Å². The Kier molecular flexibility index (Phi) is 9.00. The summed E-state index contributed by atoms with van der Waals surface area (Å²) in [6.45, 7) is 3.78. The van der Waals surface area contributed by atoms with Crippen LogP contribution >= 0.6 is 11.6 Å². The van der Waals surface area contributed by atoms with E-state index < -0.39 is 0 Å². The minimum Gasteiger partial charge on any atom is -0.383 e. The highest BCUT2D eigenvalue weighted by atomic mass is 35.5. The molecule has 0 aliphatic carbocycles. The first-order valence-electron chi connectivity index (χ1n) is 4.28. The largest absolute Gasteiger partial charge is 0.383 e. The number of nitrogens with one attached hydrogen (secondary N) is 1. The van der Waals surface area contributed by atoms with Gasteiger partial charge in [-0.25, -0.2) is 0 Å². The van der Waals surface area contributed by atoms with Gasteiger partial charge in [0, 0.05) is 25.6 Å². The monoisotopic (exact) mass is 191 g/mol. The summed E-state index contributed by atoms with van der Waals surface area (Å²) in [5, 5.41) is 3.33. The lowest BCUT2D eigenvalue weighted by molar-refractivity contribution is 0.166. The lowest BCUT2D eigenvalue weighted by atomic mass is 10.2. The SMILES string of the molecule is CCC(COC)NC/C=C/CCl. The van der Waals surface area contributed by atoms with Gasteiger partial charge in [0.25, 0.3) is 0 Å². The second kappa shape index (κ2) is 9.04. The summed E-state index contributed by atoms with van der Waals surface area (Å²) in [6, 6.07) is 0.454. The van der Waals surface area contributed by atoms with Crippen LogP contribution in [0.1, 0.15) is 13.3 Å². The Balaban J connectivity index is 3.37. The van der Waals surface area contributed by atoms with Gasteiger partial charge >= 0.3 is 0 Å². The number of halogens is 1. The van der Waals surface area contributed by atoms with E-state index in [1.807, 2.05) is 12.2 Å². The average Bonchev–Trinajstić information content (AvgIpc) is 2.10. The molecule has 1 atom stereocenters. The lowest BCUT2D eigenvalue weighted by Crippen LogP contribution is -2.32. The Morgan fingerprint density at radius 3 is 2.75 bits per heavy atom. The third kappa shape index (κ3) is 6.65. The summed E-state index contributed by atoms with van der Waals surface area (Å²) in [4.78, 5) is 0.